The highest BCUT2D eigenvalue weighted by Crippen LogP contribution is 2.27. The number of hydrogen-bond acceptors (Lipinski definition) is 2. The average Bonchev–Trinajstić information content (AvgIpc) is 2.49. The molecule has 2 aromatic rings. The van der Waals surface area contributed by atoms with E-state index in [-0.39, 0.29) is 18.4 Å². The van der Waals surface area contributed by atoms with E-state index in [0.717, 1.165) is 34.5 Å². The number of fused-ring (bicyclic) bond motifs is 1. The molecule has 3 rings (SSSR count). The highest BCUT2D eigenvalue weighted by atomic mass is 16.2. The maximum Gasteiger partial charge on any atom is 0.244 e. The molecule has 2 aromatic carbocycles. The van der Waals surface area contributed by atoms with Gasteiger partial charge in [0.15, 0.2) is 0 Å². The van der Waals surface area contributed by atoms with Gasteiger partial charge in [-0.2, -0.15) is 0 Å². The highest BCUT2D eigenvalue weighted by Gasteiger charge is 2.25. The molecule has 0 unspecified atom stereocenters. The lowest BCUT2D eigenvalue weighted by Gasteiger charge is -2.28. The van der Waals surface area contributed by atoms with Crippen LogP contribution in [0.4, 0.5) is 11.4 Å². The van der Waals surface area contributed by atoms with E-state index in [0.29, 0.717) is 6.42 Å². The third kappa shape index (κ3) is 3.42. The first-order chi connectivity index (χ1) is 11.0. The Kier molecular flexibility index (Phi) is 4.15. The van der Waals surface area contributed by atoms with Gasteiger partial charge in [-0.15, -0.1) is 0 Å². The molecule has 4 heteroatoms. The molecule has 1 N–H and O–H groups in total. The fourth-order valence-corrected chi connectivity index (χ4v) is 3.06. The molecule has 4 nitrogen and oxygen atoms in total. The Morgan fingerprint density at radius 1 is 1.09 bits per heavy atom. The number of carbonyl (C=O) groups is 2. The zero-order valence-corrected chi connectivity index (χ0v) is 13.4. The van der Waals surface area contributed by atoms with Crippen molar-refractivity contribution in [3.8, 4) is 0 Å². The number of hydrogen-bond donors (Lipinski definition) is 1. The third-order valence-electron chi connectivity index (χ3n) is 4.00. The van der Waals surface area contributed by atoms with E-state index in [1.807, 2.05) is 50.2 Å². The SMILES string of the molecule is Cc1cc(C)cc(NC(=O)CN2C(=O)CCc3ccccc32)c1. The number of anilines is 2. The fraction of sp³-hybridized carbons (Fsp3) is 0.263. The number of amides is 2. The van der Waals surface area contributed by atoms with Crippen molar-refractivity contribution in [3.05, 3.63) is 59.2 Å². The zero-order chi connectivity index (χ0) is 16.4. The Balaban J connectivity index is 1.76. The van der Waals surface area contributed by atoms with E-state index in [4.69, 9.17) is 0 Å². The van der Waals surface area contributed by atoms with Gasteiger partial charge in [0.1, 0.15) is 6.54 Å². The lowest BCUT2D eigenvalue weighted by Crippen LogP contribution is -2.40. The van der Waals surface area contributed by atoms with Gasteiger partial charge in [-0.1, -0.05) is 24.3 Å². The smallest absolute Gasteiger partial charge is 0.244 e. The van der Waals surface area contributed by atoms with E-state index < -0.39 is 0 Å². The zero-order valence-electron chi connectivity index (χ0n) is 13.4. The van der Waals surface area contributed by atoms with Crippen molar-refractivity contribution in [2.75, 3.05) is 16.8 Å². The number of nitrogens with one attached hydrogen (secondary N) is 1. The second-order valence-corrected chi connectivity index (χ2v) is 6.03. The summed E-state index contributed by atoms with van der Waals surface area (Å²) in [7, 11) is 0. The van der Waals surface area contributed by atoms with E-state index in [2.05, 4.69) is 11.4 Å². The summed E-state index contributed by atoms with van der Waals surface area (Å²) in [5.41, 5.74) is 4.93. The van der Waals surface area contributed by atoms with Gasteiger partial charge in [0.05, 0.1) is 0 Å². The molecule has 0 aliphatic carbocycles. The lowest BCUT2D eigenvalue weighted by atomic mass is 10.0. The summed E-state index contributed by atoms with van der Waals surface area (Å²) in [6.07, 6.45) is 1.19. The van der Waals surface area contributed by atoms with E-state index in [9.17, 15) is 9.59 Å². The second kappa shape index (κ2) is 6.24. The van der Waals surface area contributed by atoms with Crippen LogP contribution in [0.5, 0.6) is 0 Å². The molecule has 0 saturated heterocycles. The molecule has 118 valence electrons. The molecule has 0 bridgehead atoms. The number of benzene rings is 2. The van der Waals surface area contributed by atoms with E-state index in [1.54, 1.807) is 4.90 Å². The molecule has 0 atom stereocenters. The van der Waals surface area contributed by atoms with Crippen LogP contribution in [0.25, 0.3) is 0 Å². The quantitative estimate of drug-likeness (QED) is 0.946. The minimum Gasteiger partial charge on any atom is -0.325 e. The lowest BCUT2D eigenvalue weighted by molar-refractivity contribution is -0.121. The summed E-state index contributed by atoms with van der Waals surface area (Å²) in [4.78, 5) is 26.1. The summed E-state index contributed by atoms with van der Waals surface area (Å²) in [5.74, 6) is -0.181. The number of carbonyl (C=O) groups excluding carboxylic acids is 2. The standard InChI is InChI=1S/C19H20N2O2/c1-13-9-14(2)11-16(10-13)20-18(22)12-21-17-6-4-3-5-15(17)7-8-19(21)23/h3-6,9-11H,7-8,12H2,1-2H3,(H,20,22). The van der Waals surface area contributed by atoms with Gasteiger partial charge in [0.25, 0.3) is 0 Å². The number of para-hydroxylation sites is 1. The fourth-order valence-electron chi connectivity index (χ4n) is 3.06. The summed E-state index contributed by atoms with van der Waals surface area (Å²) in [5, 5.41) is 2.89. The Hall–Kier alpha value is -2.62. The third-order valence-corrected chi connectivity index (χ3v) is 4.00. The average molecular weight is 308 g/mol. The molecule has 0 fully saturated rings. The van der Waals surface area contributed by atoms with Gasteiger partial charge in [-0.25, -0.2) is 0 Å². The van der Waals surface area contributed by atoms with Crippen LogP contribution >= 0.6 is 0 Å². The topological polar surface area (TPSA) is 49.4 Å². The normalized spacial score (nSPS) is 13.7. The molecular weight excluding hydrogens is 288 g/mol. The predicted molar refractivity (Wildman–Crippen MR) is 91.7 cm³/mol. The van der Waals surface area contributed by atoms with Crippen molar-refractivity contribution in [1.29, 1.82) is 0 Å². The second-order valence-electron chi connectivity index (χ2n) is 6.03. The Labute approximate surface area is 136 Å². The van der Waals surface area contributed by atoms with Crippen LogP contribution in [0.3, 0.4) is 0 Å². The molecule has 23 heavy (non-hydrogen) atoms. The highest BCUT2D eigenvalue weighted by molar-refractivity contribution is 6.04. The van der Waals surface area contributed by atoms with Crippen LogP contribution in [-0.2, 0) is 16.0 Å². The van der Waals surface area contributed by atoms with Crippen molar-refractivity contribution >= 4 is 23.2 Å². The van der Waals surface area contributed by atoms with Gasteiger partial charge in [-0.05, 0) is 55.2 Å². The van der Waals surface area contributed by atoms with Crippen LogP contribution < -0.4 is 10.2 Å². The molecule has 0 spiro atoms. The van der Waals surface area contributed by atoms with Gasteiger partial charge in [-0.3, -0.25) is 9.59 Å². The van der Waals surface area contributed by atoms with Crippen molar-refractivity contribution in [2.45, 2.75) is 26.7 Å². The van der Waals surface area contributed by atoms with Crippen LogP contribution in [-0.4, -0.2) is 18.4 Å². The minimum absolute atomic E-state index is 0.000673. The molecule has 1 aliphatic heterocycles. The largest absolute Gasteiger partial charge is 0.325 e. The summed E-state index contributed by atoms with van der Waals surface area (Å²) in [6.45, 7) is 4.03. The van der Waals surface area contributed by atoms with Crippen LogP contribution in [0.2, 0.25) is 0 Å². The summed E-state index contributed by atoms with van der Waals surface area (Å²) < 4.78 is 0. The molecular formula is C19H20N2O2. The number of nitrogens with zero attached hydrogens (tertiary/aromatic N) is 1. The molecule has 0 radical (unpaired) electrons. The number of aryl methyl sites for hydroxylation is 3. The van der Waals surface area contributed by atoms with Crippen LogP contribution in [0, 0.1) is 13.8 Å². The van der Waals surface area contributed by atoms with E-state index in [1.165, 1.54) is 0 Å². The van der Waals surface area contributed by atoms with Gasteiger partial charge < -0.3 is 10.2 Å². The van der Waals surface area contributed by atoms with E-state index >= 15 is 0 Å². The first-order valence-corrected chi connectivity index (χ1v) is 7.79. The monoisotopic (exact) mass is 308 g/mol. The maximum atomic E-state index is 12.4. The van der Waals surface area contributed by atoms with Gasteiger partial charge in [0, 0.05) is 17.8 Å². The number of rotatable bonds is 3. The first kappa shape index (κ1) is 15.3. The van der Waals surface area contributed by atoms with Crippen LogP contribution in [0.1, 0.15) is 23.1 Å². The van der Waals surface area contributed by atoms with Crippen molar-refractivity contribution < 1.29 is 9.59 Å². The Morgan fingerprint density at radius 2 is 1.78 bits per heavy atom. The minimum atomic E-state index is -0.181. The first-order valence-electron chi connectivity index (χ1n) is 7.79. The molecule has 2 amide bonds. The Morgan fingerprint density at radius 3 is 2.52 bits per heavy atom. The van der Waals surface area contributed by atoms with Gasteiger partial charge >= 0.3 is 0 Å². The Bertz CT molecular complexity index is 747. The van der Waals surface area contributed by atoms with Gasteiger partial charge in [0.2, 0.25) is 11.8 Å². The predicted octanol–water partition coefficient (Wildman–Crippen LogP) is 3.22. The summed E-state index contributed by atoms with van der Waals surface area (Å²) >= 11 is 0. The molecule has 1 heterocycles. The molecule has 0 aromatic heterocycles. The van der Waals surface area contributed by atoms with Crippen LogP contribution in [0.15, 0.2) is 42.5 Å². The van der Waals surface area contributed by atoms with Crippen molar-refractivity contribution in [1.82, 2.24) is 0 Å². The van der Waals surface area contributed by atoms with Crippen molar-refractivity contribution in [2.24, 2.45) is 0 Å². The molecule has 1 aliphatic rings. The van der Waals surface area contributed by atoms with Crippen molar-refractivity contribution in [3.63, 3.8) is 0 Å². The molecule has 0 saturated carbocycles. The maximum absolute atomic E-state index is 12.4. The summed E-state index contributed by atoms with van der Waals surface area (Å²) in [6, 6.07) is 13.7.